The maximum Gasteiger partial charge on any atom is 0.214 e. The number of benzene rings is 1. The van der Waals surface area contributed by atoms with Gasteiger partial charge in [0.05, 0.1) is 5.56 Å². The average molecular weight is 280 g/mol. The molecule has 0 unspecified atom stereocenters. The molecule has 0 saturated heterocycles. The summed E-state index contributed by atoms with van der Waals surface area (Å²) in [6.45, 7) is 0. The van der Waals surface area contributed by atoms with Gasteiger partial charge in [0.1, 0.15) is 11.5 Å². The molecule has 1 aromatic carbocycles. The van der Waals surface area contributed by atoms with Gasteiger partial charge >= 0.3 is 0 Å². The van der Waals surface area contributed by atoms with E-state index in [1.807, 2.05) is 0 Å². The summed E-state index contributed by atoms with van der Waals surface area (Å²) in [4.78, 5) is 15.8. The minimum atomic E-state index is -0.530. The van der Waals surface area contributed by atoms with Crippen LogP contribution in [-0.2, 0) is 0 Å². The van der Waals surface area contributed by atoms with E-state index in [4.69, 9.17) is 0 Å². The van der Waals surface area contributed by atoms with Gasteiger partial charge in [-0.15, -0.1) is 0 Å². The summed E-state index contributed by atoms with van der Waals surface area (Å²) in [5.41, 5.74) is 0.269. The van der Waals surface area contributed by atoms with Gasteiger partial charge in [-0.3, -0.25) is 9.78 Å². The molecule has 2 aromatic rings. The third-order valence-electron chi connectivity index (χ3n) is 2.08. The van der Waals surface area contributed by atoms with Gasteiger partial charge in [-0.25, -0.2) is 4.39 Å². The van der Waals surface area contributed by atoms with Gasteiger partial charge in [0.2, 0.25) is 5.78 Å². The van der Waals surface area contributed by atoms with E-state index in [1.165, 1.54) is 18.3 Å². The Labute approximate surface area is 100 Å². The first kappa shape index (κ1) is 11.0. The summed E-state index contributed by atoms with van der Waals surface area (Å²) in [6.07, 6.45) is 1.51. The van der Waals surface area contributed by atoms with Gasteiger partial charge in [-0.1, -0.05) is 12.1 Å². The number of halogens is 2. The molecule has 80 valence electrons. The van der Waals surface area contributed by atoms with Gasteiger partial charge in [0, 0.05) is 10.7 Å². The summed E-state index contributed by atoms with van der Waals surface area (Å²) in [5.74, 6) is -0.942. The number of hydrogen-bond donors (Lipinski definition) is 0. The molecule has 0 radical (unpaired) electrons. The first-order valence-corrected chi connectivity index (χ1v) is 5.38. The largest absolute Gasteiger partial charge is 0.287 e. The van der Waals surface area contributed by atoms with Crippen molar-refractivity contribution in [2.75, 3.05) is 0 Å². The topological polar surface area (TPSA) is 30.0 Å². The van der Waals surface area contributed by atoms with Crippen LogP contribution < -0.4 is 0 Å². The highest BCUT2D eigenvalue weighted by Gasteiger charge is 2.13. The van der Waals surface area contributed by atoms with Crippen LogP contribution in [0.1, 0.15) is 16.1 Å². The van der Waals surface area contributed by atoms with Gasteiger partial charge in [0.15, 0.2) is 0 Å². The molecule has 0 atom stereocenters. The van der Waals surface area contributed by atoms with E-state index in [0.717, 1.165) is 4.47 Å². The number of hydrogen-bond acceptors (Lipinski definition) is 2. The fraction of sp³-hybridized carbons (Fsp3) is 0. The second-order valence-corrected chi connectivity index (χ2v) is 4.09. The maximum absolute atomic E-state index is 13.3. The first-order chi connectivity index (χ1) is 7.68. The Bertz CT molecular complexity index is 525. The standard InChI is InChI=1S/C12H7BrFNO/c13-8-5-6-11(15-7-8)12(16)9-3-1-2-4-10(9)14/h1-7H. The number of nitrogens with zero attached hydrogens (tertiary/aromatic N) is 1. The highest BCUT2D eigenvalue weighted by atomic mass is 79.9. The minimum absolute atomic E-state index is 0.0392. The van der Waals surface area contributed by atoms with Crippen molar-refractivity contribution in [1.82, 2.24) is 4.98 Å². The fourth-order valence-corrected chi connectivity index (χ4v) is 1.53. The van der Waals surface area contributed by atoms with E-state index < -0.39 is 11.6 Å². The van der Waals surface area contributed by atoms with Crippen molar-refractivity contribution < 1.29 is 9.18 Å². The Morgan fingerprint density at radius 2 is 1.94 bits per heavy atom. The molecule has 0 N–H and O–H groups in total. The molecule has 0 saturated carbocycles. The Morgan fingerprint density at radius 1 is 1.19 bits per heavy atom. The lowest BCUT2D eigenvalue weighted by Crippen LogP contribution is -2.05. The van der Waals surface area contributed by atoms with Crippen molar-refractivity contribution in [3.05, 3.63) is 64.1 Å². The molecule has 4 heteroatoms. The van der Waals surface area contributed by atoms with Crippen LogP contribution in [0, 0.1) is 5.82 Å². The highest BCUT2D eigenvalue weighted by molar-refractivity contribution is 9.10. The third-order valence-corrected chi connectivity index (χ3v) is 2.55. The number of rotatable bonds is 2. The van der Waals surface area contributed by atoms with Crippen LogP contribution in [0.4, 0.5) is 4.39 Å². The smallest absolute Gasteiger partial charge is 0.214 e. The molecule has 1 aromatic heterocycles. The van der Waals surface area contributed by atoms with Crippen molar-refractivity contribution in [3.63, 3.8) is 0 Å². The van der Waals surface area contributed by atoms with Crippen molar-refractivity contribution in [3.8, 4) is 0 Å². The summed E-state index contributed by atoms with van der Waals surface area (Å²) in [6, 6.07) is 9.11. The van der Waals surface area contributed by atoms with E-state index in [0.29, 0.717) is 0 Å². The zero-order chi connectivity index (χ0) is 11.5. The first-order valence-electron chi connectivity index (χ1n) is 4.59. The van der Waals surface area contributed by atoms with E-state index >= 15 is 0 Å². The fourth-order valence-electron chi connectivity index (χ4n) is 1.29. The van der Waals surface area contributed by atoms with E-state index in [-0.39, 0.29) is 11.3 Å². The second-order valence-electron chi connectivity index (χ2n) is 3.17. The lowest BCUT2D eigenvalue weighted by molar-refractivity contribution is 0.103. The number of carbonyl (C=O) groups excluding carboxylic acids is 1. The Balaban J connectivity index is 2.40. The predicted octanol–water partition coefficient (Wildman–Crippen LogP) is 3.21. The number of ketones is 1. The Kier molecular flexibility index (Phi) is 3.10. The molecule has 2 rings (SSSR count). The van der Waals surface area contributed by atoms with Gasteiger partial charge in [0.25, 0.3) is 0 Å². The lowest BCUT2D eigenvalue weighted by Gasteiger charge is -2.01. The molecule has 0 aliphatic rings. The average Bonchev–Trinajstić information content (AvgIpc) is 2.30. The van der Waals surface area contributed by atoms with Crippen LogP contribution >= 0.6 is 15.9 Å². The van der Waals surface area contributed by atoms with Crippen LogP contribution in [0.3, 0.4) is 0 Å². The summed E-state index contributed by atoms with van der Waals surface area (Å²) in [7, 11) is 0. The zero-order valence-corrected chi connectivity index (χ0v) is 9.74. The van der Waals surface area contributed by atoms with Crippen LogP contribution in [0.2, 0.25) is 0 Å². The third kappa shape index (κ3) is 2.17. The predicted molar refractivity (Wildman–Crippen MR) is 61.8 cm³/mol. The second kappa shape index (κ2) is 4.53. The summed E-state index contributed by atoms with van der Waals surface area (Å²) >= 11 is 3.22. The molecule has 0 spiro atoms. The van der Waals surface area contributed by atoms with Gasteiger partial charge < -0.3 is 0 Å². The van der Waals surface area contributed by atoms with Crippen molar-refractivity contribution in [1.29, 1.82) is 0 Å². The quantitative estimate of drug-likeness (QED) is 0.790. The van der Waals surface area contributed by atoms with Crippen LogP contribution in [0.5, 0.6) is 0 Å². The normalized spacial score (nSPS) is 10.1. The lowest BCUT2D eigenvalue weighted by atomic mass is 10.1. The number of aromatic nitrogens is 1. The molecule has 0 fully saturated rings. The highest BCUT2D eigenvalue weighted by Crippen LogP contribution is 2.13. The SMILES string of the molecule is O=C(c1ccc(Br)cn1)c1ccccc1F. The van der Waals surface area contributed by atoms with Crippen LogP contribution in [0.15, 0.2) is 47.1 Å². The van der Waals surface area contributed by atoms with Crippen molar-refractivity contribution in [2.45, 2.75) is 0 Å². The van der Waals surface area contributed by atoms with Crippen molar-refractivity contribution in [2.24, 2.45) is 0 Å². The van der Waals surface area contributed by atoms with Crippen LogP contribution in [-0.4, -0.2) is 10.8 Å². The van der Waals surface area contributed by atoms with E-state index in [2.05, 4.69) is 20.9 Å². The van der Waals surface area contributed by atoms with E-state index in [1.54, 1.807) is 24.3 Å². The monoisotopic (exact) mass is 279 g/mol. The molecule has 2 nitrogen and oxygen atoms in total. The van der Waals surface area contributed by atoms with E-state index in [9.17, 15) is 9.18 Å². The molecule has 0 aliphatic carbocycles. The maximum atomic E-state index is 13.3. The molecule has 0 amide bonds. The molecule has 16 heavy (non-hydrogen) atoms. The molecular weight excluding hydrogens is 273 g/mol. The Hall–Kier alpha value is -1.55. The molecule has 0 aliphatic heterocycles. The summed E-state index contributed by atoms with van der Waals surface area (Å²) in [5, 5.41) is 0. The molecule has 1 heterocycles. The molecule has 0 bridgehead atoms. The molecular formula is C12H7BrFNO. The zero-order valence-electron chi connectivity index (χ0n) is 8.15. The van der Waals surface area contributed by atoms with Gasteiger partial charge in [-0.2, -0.15) is 0 Å². The Morgan fingerprint density at radius 3 is 2.56 bits per heavy atom. The minimum Gasteiger partial charge on any atom is -0.287 e. The number of carbonyl (C=O) groups is 1. The van der Waals surface area contributed by atoms with Crippen molar-refractivity contribution >= 4 is 21.7 Å². The summed E-state index contributed by atoms with van der Waals surface area (Å²) < 4.78 is 14.1. The van der Waals surface area contributed by atoms with Gasteiger partial charge in [-0.05, 0) is 40.2 Å². The number of pyridine rings is 1. The van der Waals surface area contributed by atoms with Crippen LogP contribution in [0.25, 0.3) is 0 Å².